The van der Waals surface area contributed by atoms with Crippen LogP contribution in [0.3, 0.4) is 0 Å². The van der Waals surface area contributed by atoms with Crippen LogP contribution in [0, 0.1) is 6.92 Å². The molecule has 0 fully saturated rings. The van der Waals surface area contributed by atoms with E-state index in [-0.39, 0.29) is 5.91 Å². The van der Waals surface area contributed by atoms with Crippen LogP contribution >= 0.6 is 11.6 Å². The first-order chi connectivity index (χ1) is 9.63. The van der Waals surface area contributed by atoms with Gasteiger partial charge in [0.1, 0.15) is 5.15 Å². The van der Waals surface area contributed by atoms with Gasteiger partial charge in [-0.1, -0.05) is 41.4 Å². The molecule has 0 aliphatic carbocycles. The molecule has 0 unspecified atom stereocenters. The summed E-state index contributed by atoms with van der Waals surface area (Å²) in [5, 5.41) is 0.480. The van der Waals surface area contributed by atoms with Crippen molar-refractivity contribution in [3.63, 3.8) is 0 Å². The number of hydrogen-bond acceptors (Lipinski definition) is 2. The van der Waals surface area contributed by atoms with E-state index in [1.54, 1.807) is 11.0 Å². The van der Waals surface area contributed by atoms with Crippen molar-refractivity contribution in [2.75, 3.05) is 4.90 Å². The molecule has 4 heteroatoms. The monoisotopic (exact) mass is 286 g/mol. The fraction of sp³-hybridized carbons (Fsp3) is 0.250. The zero-order valence-corrected chi connectivity index (χ0v) is 12.0. The second-order valence-corrected chi connectivity index (χ2v) is 5.46. The van der Waals surface area contributed by atoms with E-state index >= 15 is 0 Å². The van der Waals surface area contributed by atoms with E-state index in [9.17, 15) is 4.79 Å². The van der Waals surface area contributed by atoms with Crippen LogP contribution in [0.25, 0.3) is 0 Å². The average Bonchev–Trinajstić information content (AvgIpc) is 2.42. The molecule has 0 bridgehead atoms. The molecule has 0 radical (unpaired) electrons. The molecule has 1 aliphatic heterocycles. The fourth-order valence-electron chi connectivity index (χ4n) is 2.56. The number of aromatic nitrogens is 1. The predicted molar refractivity (Wildman–Crippen MR) is 79.9 cm³/mol. The standard InChI is InChI=1S/C16H15ClN2O/c1-11-3-2-4-12(9-11)10-19-14-6-7-15(17)18-13(14)5-8-16(19)20/h2-4,6-7,9H,5,8,10H2,1H3. The molecule has 1 aromatic heterocycles. The number of carbonyl (C=O) groups excluding carboxylic acids is 1. The van der Waals surface area contributed by atoms with E-state index in [2.05, 4.69) is 24.0 Å². The highest BCUT2D eigenvalue weighted by molar-refractivity contribution is 6.29. The maximum Gasteiger partial charge on any atom is 0.227 e. The number of carbonyl (C=O) groups is 1. The van der Waals surface area contributed by atoms with E-state index in [1.165, 1.54) is 5.56 Å². The van der Waals surface area contributed by atoms with Crippen molar-refractivity contribution in [1.29, 1.82) is 0 Å². The van der Waals surface area contributed by atoms with E-state index in [4.69, 9.17) is 11.6 Å². The van der Waals surface area contributed by atoms with Gasteiger partial charge in [-0.05, 0) is 24.6 Å². The van der Waals surface area contributed by atoms with Crippen LogP contribution in [0.4, 0.5) is 5.69 Å². The Morgan fingerprint density at radius 1 is 1.25 bits per heavy atom. The first-order valence-electron chi connectivity index (χ1n) is 6.65. The highest BCUT2D eigenvalue weighted by Crippen LogP contribution is 2.29. The summed E-state index contributed by atoms with van der Waals surface area (Å²) in [5.74, 6) is 0.142. The molecule has 2 aromatic rings. The number of nitrogens with zero attached hydrogens (tertiary/aromatic N) is 2. The molecule has 3 rings (SSSR count). The zero-order chi connectivity index (χ0) is 14.1. The number of amides is 1. The van der Waals surface area contributed by atoms with Crippen LogP contribution in [0.2, 0.25) is 5.15 Å². The smallest absolute Gasteiger partial charge is 0.227 e. The van der Waals surface area contributed by atoms with Gasteiger partial charge in [0, 0.05) is 12.8 Å². The van der Waals surface area contributed by atoms with Crippen molar-refractivity contribution >= 4 is 23.2 Å². The van der Waals surface area contributed by atoms with Gasteiger partial charge in [-0.3, -0.25) is 4.79 Å². The SMILES string of the molecule is Cc1cccc(CN2C(=O)CCc3nc(Cl)ccc32)c1. The molecule has 1 aromatic carbocycles. The van der Waals surface area contributed by atoms with Crippen LogP contribution < -0.4 is 4.90 Å². The highest BCUT2D eigenvalue weighted by Gasteiger charge is 2.25. The van der Waals surface area contributed by atoms with Crippen molar-refractivity contribution in [1.82, 2.24) is 4.98 Å². The lowest BCUT2D eigenvalue weighted by Gasteiger charge is -2.29. The minimum absolute atomic E-state index is 0.142. The number of benzene rings is 1. The van der Waals surface area contributed by atoms with Gasteiger partial charge in [0.25, 0.3) is 0 Å². The number of halogens is 1. The summed E-state index contributed by atoms with van der Waals surface area (Å²) in [4.78, 5) is 18.3. The lowest BCUT2D eigenvalue weighted by molar-refractivity contribution is -0.119. The fourth-order valence-corrected chi connectivity index (χ4v) is 2.72. The number of aryl methyl sites for hydroxylation is 2. The Morgan fingerprint density at radius 3 is 2.90 bits per heavy atom. The van der Waals surface area contributed by atoms with Crippen molar-refractivity contribution in [3.8, 4) is 0 Å². The maximum absolute atomic E-state index is 12.2. The van der Waals surface area contributed by atoms with E-state index in [0.717, 1.165) is 16.9 Å². The molecule has 3 nitrogen and oxygen atoms in total. The first kappa shape index (κ1) is 13.1. The Bertz CT molecular complexity index is 669. The Morgan fingerprint density at radius 2 is 2.10 bits per heavy atom. The summed E-state index contributed by atoms with van der Waals surface area (Å²) >= 11 is 5.93. The van der Waals surface area contributed by atoms with E-state index < -0.39 is 0 Å². The Balaban J connectivity index is 1.95. The third-order valence-electron chi connectivity index (χ3n) is 3.51. The normalized spacial score (nSPS) is 14.3. The molecule has 1 aliphatic rings. The first-order valence-corrected chi connectivity index (χ1v) is 7.02. The molecule has 102 valence electrons. The largest absolute Gasteiger partial charge is 0.306 e. The van der Waals surface area contributed by atoms with Crippen molar-refractivity contribution in [2.45, 2.75) is 26.3 Å². The second-order valence-electron chi connectivity index (χ2n) is 5.07. The average molecular weight is 287 g/mol. The second kappa shape index (κ2) is 5.25. The van der Waals surface area contributed by atoms with Gasteiger partial charge in [0.15, 0.2) is 0 Å². The molecular weight excluding hydrogens is 272 g/mol. The Hall–Kier alpha value is -1.87. The maximum atomic E-state index is 12.2. The van der Waals surface area contributed by atoms with Crippen molar-refractivity contribution in [2.24, 2.45) is 0 Å². The minimum Gasteiger partial charge on any atom is -0.306 e. The summed E-state index contributed by atoms with van der Waals surface area (Å²) in [6.45, 7) is 2.63. The number of pyridine rings is 1. The van der Waals surface area contributed by atoms with Crippen LogP contribution in [-0.4, -0.2) is 10.9 Å². The molecule has 2 heterocycles. The summed E-state index contributed by atoms with van der Waals surface area (Å²) in [6, 6.07) is 11.8. The van der Waals surface area contributed by atoms with Gasteiger partial charge in [-0.2, -0.15) is 0 Å². The number of rotatable bonds is 2. The third kappa shape index (κ3) is 2.54. The quantitative estimate of drug-likeness (QED) is 0.792. The molecule has 1 amide bonds. The third-order valence-corrected chi connectivity index (χ3v) is 3.72. The van der Waals surface area contributed by atoms with Crippen LogP contribution in [0.5, 0.6) is 0 Å². The van der Waals surface area contributed by atoms with Gasteiger partial charge in [0.2, 0.25) is 5.91 Å². The molecule has 0 atom stereocenters. The predicted octanol–water partition coefficient (Wildman–Crippen LogP) is 3.52. The van der Waals surface area contributed by atoms with Crippen LogP contribution in [0.15, 0.2) is 36.4 Å². The molecule has 0 spiro atoms. The molecule has 0 saturated heterocycles. The van der Waals surface area contributed by atoms with Gasteiger partial charge < -0.3 is 4.90 Å². The summed E-state index contributed by atoms with van der Waals surface area (Å²) in [6.07, 6.45) is 1.16. The van der Waals surface area contributed by atoms with Crippen molar-refractivity contribution in [3.05, 3.63) is 58.4 Å². The minimum atomic E-state index is 0.142. The van der Waals surface area contributed by atoms with Crippen LogP contribution in [-0.2, 0) is 17.8 Å². The molecule has 20 heavy (non-hydrogen) atoms. The number of fused-ring (bicyclic) bond motifs is 1. The number of hydrogen-bond donors (Lipinski definition) is 0. The summed E-state index contributed by atoms with van der Waals surface area (Å²) in [7, 11) is 0. The van der Waals surface area contributed by atoms with Gasteiger partial charge in [0.05, 0.1) is 17.9 Å². The van der Waals surface area contributed by atoms with Crippen molar-refractivity contribution < 1.29 is 4.79 Å². The van der Waals surface area contributed by atoms with E-state index in [1.807, 2.05) is 18.2 Å². The van der Waals surface area contributed by atoms with Gasteiger partial charge in [-0.25, -0.2) is 4.98 Å². The Kier molecular flexibility index (Phi) is 3.45. The molecule has 0 N–H and O–H groups in total. The zero-order valence-electron chi connectivity index (χ0n) is 11.3. The van der Waals surface area contributed by atoms with Crippen LogP contribution in [0.1, 0.15) is 23.2 Å². The number of anilines is 1. The lowest BCUT2D eigenvalue weighted by atomic mass is 10.0. The van der Waals surface area contributed by atoms with E-state index in [0.29, 0.717) is 24.5 Å². The lowest BCUT2D eigenvalue weighted by Crippen LogP contribution is -2.35. The Labute approximate surface area is 123 Å². The summed E-state index contributed by atoms with van der Waals surface area (Å²) in [5.41, 5.74) is 4.11. The topological polar surface area (TPSA) is 33.2 Å². The van der Waals surface area contributed by atoms with Gasteiger partial charge in [-0.15, -0.1) is 0 Å². The highest BCUT2D eigenvalue weighted by atomic mass is 35.5. The molecule has 0 saturated carbocycles. The van der Waals surface area contributed by atoms with Gasteiger partial charge >= 0.3 is 0 Å². The molecular formula is C16H15ClN2O. The summed E-state index contributed by atoms with van der Waals surface area (Å²) < 4.78 is 0.